The fraction of sp³-hybridized carbons (Fsp3) is 0.300. The van der Waals surface area contributed by atoms with Crippen LogP contribution in [0.1, 0.15) is 12.5 Å². The minimum absolute atomic E-state index is 0.0898. The van der Waals surface area contributed by atoms with E-state index in [-0.39, 0.29) is 12.1 Å². The third-order valence-corrected chi connectivity index (χ3v) is 5.69. The van der Waals surface area contributed by atoms with Gasteiger partial charge in [0.1, 0.15) is 5.82 Å². The molecule has 0 saturated heterocycles. The highest BCUT2D eigenvalue weighted by Gasteiger charge is 2.27. The number of likely N-dealkylation sites (N-methyl/N-ethyl adjacent to an activating group) is 1. The van der Waals surface area contributed by atoms with Gasteiger partial charge in [0.15, 0.2) is 0 Å². The summed E-state index contributed by atoms with van der Waals surface area (Å²) < 4.78 is 1.72. The first-order valence-electron chi connectivity index (χ1n) is 8.96. The van der Waals surface area contributed by atoms with Gasteiger partial charge in [-0.15, -0.1) is 0 Å². The lowest BCUT2D eigenvalue weighted by Crippen LogP contribution is -2.44. The standard InChI is InChI=1S/C20H23N5OS/c1-14-11-23(2)18-7-5-4-6-15(18)12-25(14)20(26)21-19-10-17(22-24(19)3)16-8-9-27-13-16/h4-10,13-14H,11-12H2,1-3H3,(H,21,26)/t14-/m0/s1. The predicted molar refractivity (Wildman–Crippen MR) is 110 cm³/mol. The number of para-hydroxylation sites is 1. The summed E-state index contributed by atoms with van der Waals surface area (Å²) >= 11 is 1.63. The fourth-order valence-electron chi connectivity index (χ4n) is 3.54. The second-order valence-corrected chi connectivity index (χ2v) is 7.75. The largest absolute Gasteiger partial charge is 0.372 e. The van der Waals surface area contributed by atoms with E-state index in [1.165, 1.54) is 5.69 Å². The molecule has 0 spiro atoms. The molecule has 0 radical (unpaired) electrons. The van der Waals surface area contributed by atoms with E-state index in [0.29, 0.717) is 12.4 Å². The van der Waals surface area contributed by atoms with Gasteiger partial charge in [-0.2, -0.15) is 16.4 Å². The number of aromatic nitrogens is 2. The maximum Gasteiger partial charge on any atom is 0.323 e. The van der Waals surface area contributed by atoms with Gasteiger partial charge in [0.25, 0.3) is 0 Å². The van der Waals surface area contributed by atoms with Gasteiger partial charge < -0.3 is 9.80 Å². The Hall–Kier alpha value is -2.80. The number of fused-ring (bicyclic) bond motifs is 1. The molecule has 1 atom stereocenters. The molecule has 0 aliphatic carbocycles. The molecular weight excluding hydrogens is 358 g/mol. The minimum Gasteiger partial charge on any atom is -0.372 e. The van der Waals surface area contributed by atoms with E-state index in [0.717, 1.165) is 23.4 Å². The number of hydrogen-bond acceptors (Lipinski definition) is 4. The number of thiophene rings is 1. The van der Waals surface area contributed by atoms with Crippen molar-refractivity contribution in [3.63, 3.8) is 0 Å². The zero-order chi connectivity index (χ0) is 19.0. The number of rotatable bonds is 2. The lowest BCUT2D eigenvalue weighted by molar-refractivity contribution is 0.192. The number of aryl methyl sites for hydroxylation is 1. The zero-order valence-corrected chi connectivity index (χ0v) is 16.5. The van der Waals surface area contributed by atoms with Gasteiger partial charge in [-0.3, -0.25) is 10.00 Å². The molecule has 0 bridgehead atoms. The first-order valence-corrected chi connectivity index (χ1v) is 9.90. The molecule has 3 heterocycles. The number of anilines is 2. The molecule has 1 aliphatic rings. The Morgan fingerprint density at radius 3 is 2.85 bits per heavy atom. The summed E-state index contributed by atoms with van der Waals surface area (Å²) in [6, 6.07) is 12.2. The Labute approximate surface area is 163 Å². The van der Waals surface area contributed by atoms with Crippen LogP contribution < -0.4 is 10.2 Å². The smallest absolute Gasteiger partial charge is 0.323 e. The number of carbonyl (C=O) groups excluding carboxylic acids is 1. The molecule has 1 aromatic carbocycles. The van der Waals surface area contributed by atoms with E-state index < -0.39 is 0 Å². The van der Waals surface area contributed by atoms with Crippen molar-refractivity contribution in [2.24, 2.45) is 7.05 Å². The minimum atomic E-state index is -0.104. The van der Waals surface area contributed by atoms with Crippen LogP contribution in [0.3, 0.4) is 0 Å². The van der Waals surface area contributed by atoms with Gasteiger partial charge in [0.05, 0.1) is 5.69 Å². The highest BCUT2D eigenvalue weighted by Crippen LogP contribution is 2.27. The number of urea groups is 1. The summed E-state index contributed by atoms with van der Waals surface area (Å²) in [4.78, 5) is 17.2. The number of carbonyl (C=O) groups is 1. The molecule has 140 valence electrons. The Bertz CT molecular complexity index is 949. The number of benzene rings is 1. The van der Waals surface area contributed by atoms with Crippen LogP contribution in [0.5, 0.6) is 0 Å². The lowest BCUT2D eigenvalue weighted by Gasteiger charge is -2.28. The normalized spacial score (nSPS) is 16.8. The molecule has 27 heavy (non-hydrogen) atoms. The van der Waals surface area contributed by atoms with E-state index in [1.807, 2.05) is 41.6 Å². The molecule has 7 heteroatoms. The van der Waals surface area contributed by atoms with Crippen LogP contribution in [-0.4, -0.2) is 40.3 Å². The van der Waals surface area contributed by atoms with Crippen molar-refractivity contribution in [1.82, 2.24) is 14.7 Å². The maximum atomic E-state index is 13.1. The van der Waals surface area contributed by atoms with E-state index in [2.05, 4.69) is 46.8 Å². The lowest BCUT2D eigenvalue weighted by atomic mass is 10.1. The number of amides is 2. The molecule has 2 aromatic heterocycles. The molecule has 0 fully saturated rings. The summed E-state index contributed by atoms with van der Waals surface area (Å²) in [7, 11) is 3.92. The van der Waals surface area contributed by atoms with E-state index in [1.54, 1.807) is 16.0 Å². The summed E-state index contributed by atoms with van der Waals surface area (Å²) in [5.41, 5.74) is 4.27. The second kappa shape index (κ2) is 7.08. The molecule has 6 nitrogen and oxygen atoms in total. The van der Waals surface area contributed by atoms with E-state index >= 15 is 0 Å². The Kier molecular flexibility index (Phi) is 4.61. The molecule has 4 rings (SSSR count). The molecule has 0 unspecified atom stereocenters. The van der Waals surface area contributed by atoms with Gasteiger partial charge in [0.2, 0.25) is 0 Å². The summed E-state index contributed by atoms with van der Waals surface area (Å²) in [6.07, 6.45) is 0. The molecule has 2 amide bonds. The van der Waals surface area contributed by atoms with Crippen LogP contribution in [-0.2, 0) is 13.6 Å². The van der Waals surface area contributed by atoms with Gasteiger partial charge >= 0.3 is 6.03 Å². The number of nitrogens with one attached hydrogen (secondary N) is 1. The van der Waals surface area contributed by atoms with Crippen LogP contribution in [0.15, 0.2) is 47.2 Å². The fourth-order valence-corrected chi connectivity index (χ4v) is 4.19. The zero-order valence-electron chi connectivity index (χ0n) is 15.7. The van der Waals surface area contributed by atoms with Crippen molar-refractivity contribution in [2.75, 3.05) is 23.8 Å². The van der Waals surface area contributed by atoms with Crippen LogP contribution >= 0.6 is 11.3 Å². The van der Waals surface area contributed by atoms with E-state index in [9.17, 15) is 4.79 Å². The number of nitrogens with zero attached hydrogens (tertiary/aromatic N) is 4. The first-order chi connectivity index (χ1) is 13.0. The third-order valence-electron chi connectivity index (χ3n) is 5.01. The molecule has 3 aromatic rings. The maximum absolute atomic E-state index is 13.1. The van der Waals surface area contributed by atoms with Crippen molar-refractivity contribution in [3.05, 3.63) is 52.7 Å². The third kappa shape index (κ3) is 3.42. The molecule has 1 N–H and O–H groups in total. The Balaban J connectivity index is 1.56. The summed E-state index contributed by atoms with van der Waals surface area (Å²) in [5.74, 6) is 0.694. The van der Waals surface area contributed by atoms with Crippen molar-refractivity contribution >= 4 is 28.9 Å². The highest BCUT2D eigenvalue weighted by atomic mass is 32.1. The molecular formula is C20H23N5OS. The molecule has 0 saturated carbocycles. The van der Waals surface area contributed by atoms with Gasteiger partial charge in [-0.1, -0.05) is 18.2 Å². The van der Waals surface area contributed by atoms with Gasteiger partial charge in [-0.05, 0) is 30.0 Å². The topological polar surface area (TPSA) is 53.4 Å². The van der Waals surface area contributed by atoms with Crippen molar-refractivity contribution < 1.29 is 4.79 Å². The van der Waals surface area contributed by atoms with Gasteiger partial charge in [-0.25, -0.2) is 4.79 Å². The average Bonchev–Trinajstić information content (AvgIpc) is 3.27. The van der Waals surface area contributed by atoms with Crippen molar-refractivity contribution in [1.29, 1.82) is 0 Å². The van der Waals surface area contributed by atoms with E-state index in [4.69, 9.17) is 0 Å². The van der Waals surface area contributed by atoms with Crippen LogP contribution in [0.25, 0.3) is 11.3 Å². The van der Waals surface area contributed by atoms with Crippen molar-refractivity contribution in [2.45, 2.75) is 19.5 Å². The van der Waals surface area contributed by atoms with Crippen LogP contribution in [0.2, 0.25) is 0 Å². The van der Waals surface area contributed by atoms with Crippen LogP contribution in [0, 0.1) is 0 Å². The van der Waals surface area contributed by atoms with Crippen molar-refractivity contribution in [3.8, 4) is 11.3 Å². The van der Waals surface area contributed by atoms with Gasteiger partial charge in [0, 0.05) is 55.9 Å². The Morgan fingerprint density at radius 2 is 2.07 bits per heavy atom. The quantitative estimate of drug-likeness (QED) is 0.729. The first kappa shape index (κ1) is 17.6. The highest BCUT2D eigenvalue weighted by molar-refractivity contribution is 7.08. The average molecular weight is 382 g/mol. The predicted octanol–water partition coefficient (Wildman–Crippen LogP) is 4.02. The molecule has 1 aliphatic heterocycles. The second-order valence-electron chi connectivity index (χ2n) is 6.97. The SMILES string of the molecule is C[C@H]1CN(C)c2ccccc2CN1C(=O)Nc1cc(-c2ccsc2)nn1C. The summed E-state index contributed by atoms with van der Waals surface area (Å²) in [6.45, 7) is 3.46. The van der Waals surface area contributed by atoms with Crippen LogP contribution in [0.4, 0.5) is 16.3 Å². The Morgan fingerprint density at radius 1 is 1.26 bits per heavy atom. The number of hydrogen-bond donors (Lipinski definition) is 1. The summed E-state index contributed by atoms with van der Waals surface area (Å²) in [5, 5.41) is 11.6. The monoisotopic (exact) mass is 381 g/mol.